The summed E-state index contributed by atoms with van der Waals surface area (Å²) in [6, 6.07) is 8.60. The number of amides is 1. The highest BCUT2D eigenvalue weighted by Gasteiger charge is 2.51. The van der Waals surface area contributed by atoms with E-state index in [4.69, 9.17) is 14.2 Å². The zero-order valence-corrected chi connectivity index (χ0v) is 20.5. The Bertz CT molecular complexity index is 832. The van der Waals surface area contributed by atoms with Gasteiger partial charge in [0.2, 0.25) is 0 Å². The minimum atomic E-state index is -0.914. The van der Waals surface area contributed by atoms with Crippen LogP contribution >= 0.6 is 0 Å². The Morgan fingerprint density at radius 2 is 1.45 bits per heavy atom. The molecule has 1 aromatic carbocycles. The van der Waals surface area contributed by atoms with Crippen LogP contribution in [0.3, 0.4) is 0 Å². The lowest BCUT2D eigenvalue weighted by Gasteiger charge is -2.42. The van der Waals surface area contributed by atoms with Crippen molar-refractivity contribution in [3.63, 3.8) is 0 Å². The van der Waals surface area contributed by atoms with Gasteiger partial charge in [-0.05, 0) is 42.7 Å². The lowest BCUT2D eigenvalue weighted by Crippen LogP contribution is -2.55. The SMILES string of the molecule is CCOC(=O)[C@H]1[C@H](C(=O)OCC)[C@@H](C(C)C)C=C(C(C)C)[C@H]1NC(=O)OCc1ccccc1. The van der Waals surface area contributed by atoms with E-state index in [1.54, 1.807) is 13.8 Å². The highest BCUT2D eigenvalue weighted by Crippen LogP contribution is 2.42. The second kappa shape index (κ2) is 12.4. The number of nitrogens with one attached hydrogen (secondary N) is 1. The standard InChI is InChI=1S/C26H37NO6/c1-7-31-24(28)21-19(16(3)4)14-20(17(5)6)23(22(21)25(29)32-8-2)27-26(30)33-15-18-12-10-9-11-13-18/h9-14,16-17,19,21-23H,7-8,15H2,1-6H3,(H,27,30)/t19-,21-,22+,23-/m1/s1. The molecule has 7 nitrogen and oxygen atoms in total. The Labute approximate surface area is 196 Å². The minimum Gasteiger partial charge on any atom is -0.466 e. The Balaban J connectivity index is 2.42. The van der Waals surface area contributed by atoms with Crippen molar-refractivity contribution in [2.45, 2.75) is 54.2 Å². The van der Waals surface area contributed by atoms with Gasteiger partial charge in [0.1, 0.15) is 6.61 Å². The summed E-state index contributed by atoms with van der Waals surface area (Å²) in [4.78, 5) is 39.0. The molecule has 0 spiro atoms. The van der Waals surface area contributed by atoms with Crippen LogP contribution in [-0.2, 0) is 30.4 Å². The zero-order chi connectivity index (χ0) is 24.5. The summed E-state index contributed by atoms with van der Waals surface area (Å²) in [5, 5.41) is 2.86. The van der Waals surface area contributed by atoms with E-state index >= 15 is 0 Å². The summed E-state index contributed by atoms with van der Waals surface area (Å²) in [6.07, 6.45) is 1.37. The number of esters is 2. The van der Waals surface area contributed by atoms with Gasteiger partial charge in [-0.3, -0.25) is 9.59 Å². The molecule has 2 rings (SSSR count). The largest absolute Gasteiger partial charge is 0.466 e. The second-order valence-electron chi connectivity index (χ2n) is 8.88. The number of carbonyl (C=O) groups is 3. The van der Waals surface area contributed by atoms with Crippen LogP contribution in [0.15, 0.2) is 42.0 Å². The first kappa shape index (κ1) is 26.4. The van der Waals surface area contributed by atoms with Gasteiger partial charge >= 0.3 is 18.0 Å². The summed E-state index contributed by atoms with van der Waals surface area (Å²) in [6.45, 7) is 11.9. The first-order chi connectivity index (χ1) is 15.7. The maximum absolute atomic E-state index is 13.2. The number of hydrogen-bond acceptors (Lipinski definition) is 6. The molecule has 0 radical (unpaired) electrons. The molecule has 0 saturated heterocycles. The third-order valence-electron chi connectivity index (χ3n) is 5.94. The molecule has 1 N–H and O–H groups in total. The summed E-state index contributed by atoms with van der Waals surface area (Å²) in [7, 11) is 0. The van der Waals surface area contributed by atoms with Gasteiger partial charge in [-0.15, -0.1) is 0 Å². The Morgan fingerprint density at radius 3 is 1.97 bits per heavy atom. The molecule has 0 bridgehead atoms. The van der Waals surface area contributed by atoms with E-state index in [0.717, 1.165) is 11.1 Å². The van der Waals surface area contributed by atoms with Gasteiger partial charge in [0, 0.05) is 0 Å². The van der Waals surface area contributed by atoms with E-state index in [2.05, 4.69) is 5.32 Å². The number of rotatable bonds is 9. The molecule has 4 atom stereocenters. The lowest BCUT2D eigenvalue weighted by molar-refractivity contribution is -0.164. The van der Waals surface area contributed by atoms with Crippen molar-refractivity contribution < 1.29 is 28.6 Å². The third kappa shape index (κ3) is 6.83. The van der Waals surface area contributed by atoms with Gasteiger partial charge < -0.3 is 19.5 Å². The van der Waals surface area contributed by atoms with E-state index in [1.165, 1.54) is 0 Å². The molecule has 1 aliphatic carbocycles. The predicted molar refractivity (Wildman–Crippen MR) is 125 cm³/mol. The molecule has 33 heavy (non-hydrogen) atoms. The van der Waals surface area contributed by atoms with Crippen molar-refractivity contribution in [2.75, 3.05) is 13.2 Å². The fraction of sp³-hybridized carbons (Fsp3) is 0.577. The van der Waals surface area contributed by atoms with Crippen LogP contribution in [0.25, 0.3) is 0 Å². The molecule has 1 amide bonds. The van der Waals surface area contributed by atoms with E-state index in [0.29, 0.717) is 0 Å². The summed E-state index contributed by atoms with van der Waals surface area (Å²) in [5.74, 6) is -2.79. The average molecular weight is 460 g/mol. The van der Waals surface area contributed by atoms with Crippen LogP contribution in [0.4, 0.5) is 4.79 Å². The fourth-order valence-corrected chi connectivity index (χ4v) is 4.37. The monoisotopic (exact) mass is 459 g/mol. The molecule has 0 aliphatic heterocycles. The van der Waals surface area contributed by atoms with Crippen molar-refractivity contribution in [1.29, 1.82) is 0 Å². The molecule has 1 aliphatic rings. The van der Waals surface area contributed by atoms with Gasteiger partial charge in [0.05, 0.1) is 31.1 Å². The summed E-state index contributed by atoms with van der Waals surface area (Å²) < 4.78 is 16.1. The highest BCUT2D eigenvalue weighted by molar-refractivity contribution is 5.85. The molecule has 0 unspecified atom stereocenters. The third-order valence-corrected chi connectivity index (χ3v) is 5.94. The molecule has 0 saturated carbocycles. The first-order valence-corrected chi connectivity index (χ1v) is 11.7. The Kier molecular flexibility index (Phi) is 9.95. The quantitative estimate of drug-likeness (QED) is 0.332. The van der Waals surface area contributed by atoms with Crippen molar-refractivity contribution in [3.8, 4) is 0 Å². The van der Waals surface area contributed by atoms with E-state index < -0.39 is 35.9 Å². The van der Waals surface area contributed by atoms with Crippen molar-refractivity contribution in [2.24, 2.45) is 29.6 Å². The van der Waals surface area contributed by atoms with Crippen LogP contribution in [0.5, 0.6) is 0 Å². The van der Waals surface area contributed by atoms with Crippen LogP contribution < -0.4 is 5.32 Å². The molecular formula is C26H37NO6. The smallest absolute Gasteiger partial charge is 0.407 e. The highest BCUT2D eigenvalue weighted by atomic mass is 16.6. The second-order valence-corrected chi connectivity index (χ2v) is 8.88. The molecule has 1 aromatic rings. The Morgan fingerprint density at radius 1 is 0.879 bits per heavy atom. The van der Waals surface area contributed by atoms with Crippen molar-refractivity contribution in [1.82, 2.24) is 5.32 Å². The normalized spacial score (nSPS) is 22.5. The van der Waals surface area contributed by atoms with Gasteiger partial charge in [-0.2, -0.15) is 0 Å². The molecule has 7 heteroatoms. The Hall–Kier alpha value is -2.83. The number of hydrogen-bond donors (Lipinski definition) is 1. The molecule has 0 aromatic heterocycles. The topological polar surface area (TPSA) is 90.9 Å². The first-order valence-electron chi connectivity index (χ1n) is 11.7. The maximum Gasteiger partial charge on any atom is 0.407 e. The van der Waals surface area contributed by atoms with Crippen molar-refractivity contribution >= 4 is 18.0 Å². The molecule has 182 valence electrons. The molecule has 0 heterocycles. The van der Waals surface area contributed by atoms with Gasteiger partial charge in [-0.25, -0.2) is 4.79 Å². The van der Waals surface area contributed by atoms with Crippen molar-refractivity contribution in [3.05, 3.63) is 47.5 Å². The number of alkyl carbamates (subject to hydrolysis) is 1. The predicted octanol–water partition coefficient (Wildman–Crippen LogP) is 4.51. The van der Waals surface area contributed by atoms with E-state index in [-0.39, 0.29) is 37.6 Å². The van der Waals surface area contributed by atoms with Crippen LogP contribution in [0.1, 0.15) is 47.1 Å². The molecule has 0 fully saturated rings. The van der Waals surface area contributed by atoms with Crippen LogP contribution in [0, 0.1) is 29.6 Å². The van der Waals surface area contributed by atoms with E-state index in [1.807, 2.05) is 64.1 Å². The van der Waals surface area contributed by atoms with Gasteiger partial charge in [0.25, 0.3) is 0 Å². The van der Waals surface area contributed by atoms with Gasteiger partial charge in [0.15, 0.2) is 0 Å². The maximum atomic E-state index is 13.2. The minimum absolute atomic E-state index is 0.0331. The number of carbonyl (C=O) groups excluding carboxylic acids is 3. The average Bonchev–Trinajstić information content (AvgIpc) is 2.77. The molecular weight excluding hydrogens is 422 g/mol. The lowest BCUT2D eigenvalue weighted by atomic mass is 9.65. The fourth-order valence-electron chi connectivity index (χ4n) is 4.37. The zero-order valence-electron chi connectivity index (χ0n) is 20.5. The number of ether oxygens (including phenoxy) is 3. The number of benzene rings is 1. The van der Waals surface area contributed by atoms with Crippen LogP contribution in [0.2, 0.25) is 0 Å². The summed E-state index contributed by atoms with van der Waals surface area (Å²) in [5.41, 5.74) is 1.73. The summed E-state index contributed by atoms with van der Waals surface area (Å²) >= 11 is 0. The van der Waals surface area contributed by atoms with E-state index in [9.17, 15) is 14.4 Å². The number of allylic oxidation sites excluding steroid dienone is 1. The van der Waals surface area contributed by atoms with Crippen LogP contribution in [-0.4, -0.2) is 37.3 Å². The van der Waals surface area contributed by atoms with Gasteiger partial charge in [-0.1, -0.05) is 64.1 Å².